The number of anilines is 1. The molecule has 2 aromatic rings. The van der Waals surface area contributed by atoms with Gasteiger partial charge >= 0.3 is 6.18 Å². The first-order valence-corrected chi connectivity index (χ1v) is 11.4. The number of H-pyrrole nitrogens is 1. The molecular weight excluding hydrogens is 517 g/mol. The second-order valence-electron chi connectivity index (χ2n) is 6.73. The van der Waals surface area contributed by atoms with Gasteiger partial charge in [0.25, 0.3) is 5.56 Å². The average Bonchev–Trinajstić information content (AvgIpc) is 2.78. The average molecular weight is 537 g/mol. The van der Waals surface area contributed by atoms with Crippen LogP contribution in [0.2, 0.25) is 0 Å². The van der Waals surface area contributed by atoms with Gasteiger partial charge in [-0.25, -0.2) is 15.1 Å². The Morgan fingerprint density at radius 1 is 1.16 bits per heavy atom. The molecule has 1 fully saturated rings. The number of alkyl halides is 3. The summed E-state index contributed by atoms with van der Waals surface area (Å²) in [6, 6.07) is 0. The summed E-state index contributed by atoms with van der Waals surface area (Å²) in [7, 11) is 0. The van der Waals surface area contributed by atoms with Gasteiger partial charge in [-0.1, -0.05) is 0 Å². The predicted octanol–water partition coefficient (Wildman–Crippen LogP) is 2.19. The molecule has 1 saturated heterocycles. The van der Waals surface area contributed by atoms with Crippen molar-refractivity contribution in [2.75, 3.05) is 50.0 Å². The third-order valence-corrected chi connectivity index (χ3v) is 6.63. The van der Waals surface area contributed by atoms with Crippen LogP contribution >= 0.6 is 27.7 Å². The van der Waals surface area contributed by atoms with Crippen LogP contribution in [0.25, 0.3) is 0 Å². The van der Waals surface area contributed by atoms with Crippen LogP contribution in [0.3, 0.4) is 0 Å². The lowest BCUT2D eigenvalue weighted by molar-refractivity contribution is -0.138. The summed E-state index contributed by atoms with van der Waals surface area (Å²) < 4.78 is 43.8. The molecule has 0 unspecified atom stereocenters. The van der Waals surface area contributed by atoms with E-state index < -0.39 is 11.7 Å². The maximum Gasteiger partial charge on any atom is 0.419 e. The van der Waals surface area contributed by atoms with E-state index in [1.807, 2.05) is 0 Å². The zero-order valence-corrected chi connectivity index (χ0v) is 19.2. The van der Waals surface area contributed by atoms with Crippen molar-refractivity contribution < 1.29 is 22.7 Å². The normalized spacial score (nSPS) is 14.6. The highest BCUT2D eigenvalue weighted by molar-refractivity contribution is 9.10. The molecule has 0 aliphatic carbocycles. The number of nitrogens with one attached hydrogen (secondary N) is 1. The van der Waals surface area contributed by atoms with Gasteiger partial charge in [-0.3, -0.25) is 9.59 Å². The van der Waals surface area contributed by atoms with E-state index in [9.17, 15) is 22.8 Å². The van der Waals surface area contributed by atoms with Crippen LogP contribution in [0.1, 0.15) is 12.0 Å². The molecule has 1 amide bonds. The second-order valence-corrected chi connectivity index (χ2v) is 8.66. The smallest absolute Gasteiger partial charge is 0.380 e. The maximum absolute atomic E-state index is 12.6. The fourth-order valence-corrected chi connectivity index (χ4v) is 4.19. The minimum atomic E-state index is -4.47. The van der Waals surface area contributed by atoms with E-state index in [1.165, 1.54) is 11.8 Å². The van der Waals surface area contributed by atoms with Gasteiger partial charge in [-0.05, 0) is 15.9 Å². The van der Waals surface area contributed by atoms with Gasteiger partial charge in [0.15, 0.2) is 0 Å². The van der Waals surface area contributed by atoms with Gasteiger partial charge in [-0.2, -0.15) is 18.3 Å². The largest absolute Gasteiger partial charge is 0.419 e. The van der Waals surface area contributed by atoms with Crippen molar-refractivity contribution in [3.05, 3.63) is 39.0 Å². The van der Waals surface area contributed by atoms with E-state index in [4.69, 9.17) is 4.74 Å². The number of hydrogen-bond acceptors (Lipinski definition) is 8. The van der Waals surface area contributed by atoms with Crippen LogP contribution in [-0.2, 0) is 15.7 Å². The molecule has 0 aromatic carbocycles. The highest BCUT2D eigenvalue weighted by Crippen LogP contribution is 2.28. The van der Waals surface area contributed by atoms with Crippen LogP contribution in [0.15, 0.2) is 32.8 Å². The van der Waals surface area contributed by atoms with Crippen molar-refractivity contribution >= 4 is 39.5 Å². The van der Waals surface area contributed by atoms with Crippen molar-refractivity contribution in [3.8, 4) is 0 Å². The second kappa shape index (κ2) is 11.1. The number of carbonyl (C=O) groups is 1. The first kappa shape index (κ1) is 24.5. The third-order valence-electron chi connectivity index (χ3n) is 4.59. The summed E-state index contributed by atoms with van der Waals surface area (Å²) in [6.45, 7) is 2.43. The van der Waals surface area contributed by atoms with Crippen molar-refractivity contribution in [1.29, 1.82) is 0 Å². The Morgan fingerprint density at radius 2 is 1.84 bits per heavy atom. The van der Waals surface area contributed by atoms with Gasteiger partial charge in [0, 0.05) is 49.2 Å². The lowest BCUT2D eigenvalue weighted by Gasteiger charge is -2.34. The summed E-state index contributed by atoms with van der Waals surface area (Å²) in [5.74, 6) is 0.768. The van der Waals surface area contributed by atoms with Gasteiger partial charge in [0.05, 0.1) is 35.9 Å². The Bertz CT molecular complexity index is 968. The van der Waals surface area contributed by atoms with Crippen molar-refractivity contribution in [3.63, 3.8) is 0 Å². The van der Waals surface area contributed by atoms with E-state index in [1.54, 1.807) is 16.0 Å². The number of nitrogens with zero attached hydrogens (tertiary/aromatic N) is 5. The number of amides is 1. The topological polar surface area (TPSA) is 104 Å². The number of aromatic nitrogens is 4. The number of aromatic amines is 1. The Morgan fingerprint density at radius 3 is 2.50 bits per heavy atom. The van der Waals surface area contributed by atoms with Crippen LogP contribution in [0, 0.1) is 0 Å². The molecule has 0 spiro atoms. The first-order chi connectivity index (χ1) is 15.3. The maximum atomic E-state index is 12.6. The van der Waals surface area contributed by atoms with Crippen LogP contribution in [-0.4, -0.2) is 76.1 Å². The number of rotatable bonds is 8. The molecule has 1 aliphatic heterocycles. The van der Waals surface area contributed by atoms with E-state index in [2.05, 4.69) is 36.1 Å². The van der Waals surface area contributed by atoms with Crippen molar-refractivity contribution in [1.82, 2.24) is 25.1 Å². The Hall–Kier alpha value is -2.19. The van der Waals surface area contributed by atoms with Gasteiger partial charge in [-0.15, -0.1) is 11.8 Å². The van der Waals surface area contributed by atoms with Gasteiger partial charge < -0.3 is 14.5 Å². The Balaban J connectivity index is 1.33. The predicted molar refractivity (Wildman–Crippen MR) is 115 cm³/mol. The molecule has 174 valence electrons. The Labute approximate surface area is 193 Å². The summed E-state index contributed by atoms with van der Waals surface area (Å²) in [5.41, 5.74) is -1.19. The van der Waals surface area contributed by atoms with Crippen LogP contribution in [0.5, 0.6) is 0 Å². The number of thioether (sulfide) groups is 1. The first-order valence-electron chi connectivity index (χ1n) is 9.61. The molecule has 9 nitrogen and oxygen atoms in total. The molecule has 0 saturated carbocycles. The van der Waals surface area contributed by atoms with E-state index in [-0.39, 0.29) is 30.4 Å². The van der Waals surface area contributed by atoms with E-state index >= 15 is 0 Å². The summed E-state index contributed by atoms with van der Waals surface area (Å²) >= 11 is 4.62. The minimum absolute atomic E-state index is 0.0489. The molecule has 3 rings (SSSR count). The van der Waals surface area contributed by atoms with Crippen LogP contribution in [0.4, 0.5) is 19.1 Å². The summed E-state index contributed by atoms with van der Waals surface area (Å²) in [4.78, 5) is 35.5. The molecule has 3 heterocycles. The molecule has 1 aliphatic rings. The monoisotopic (exact) mass is 536 g/mol. The fraction of sp³-hybridized carbons (Fsp3) is 0.500. The number of hydrogen-bond donors (Lipinski definition) is 1. The zero-order valence-electron chi connectivity index (χ0n) is 16.8. The SMILES string of the molecule is O=C(CCOCCSc1cn[nH]c(=O)c1Br)N1CCN(c2ncc(C(F)(F)F)cn2)CC1. The molecule has 0 bridgehead atoms. The van der Waals surface area contributed by atoms with Crippen molar-refractivity contribution in [2.24, 2.45) is 0 Å². The lowest BCUT2D eigenvalue weighted by atomic mass is 10.3. The molecule has 14 heteroatoms. The molecule has 1 N–H and O–H groups in total. The standard InChI is InChI=1S/C18H20BrF3N6O3S/c19-15-13(11-25-26-16(15)30)32-8-7-31-6-1-14(29)27-2-4-28(5-3-27)17-23-9-12(10-24-17)18(20,21)22/h9-11H,1-8H2,(H,26,30). The highest BCUT2D eigenvalue weighted by atomic mass is 79.9. The zero-order chi connectivity index (χ0) is 23.1. The Kier molecular flexibility index (Phi) is 8.48. The summed E-state index contributed by atoms with van der Waals surface area (Å²) in [5, 5.41) is 6.06. The summed E-state index contributed by atoms with van der Waals surface area (Å²) in [6.07, 6.45) is -1.16. The highest BCUT2D eigenvalue weighted by Gasteiger charge is 2.32. The molecule has 0 radical (unpaired) electrons. The molecule has 2 aromatic heterocycles. The number of halogens is 4. The molecular formula is C18H20BrF3N6O3S. The number of ether oxygens (including phenoxy) is 1. The number of carbonyl (C=O) groups excluding carboxylic acids is 1. The van der Waals surface area contributed by atoms with Gasteiger partial charge in [0.1, 0.15) is 0 Å². The third kappa shape index (κ3) is 6.65. The number of piperazine rings is 1. The minimum Gasteiger partial charge on any atom is -0.380 e. The molecule has 0 atom stereocenters. The van der Waals surface area contributed by atoms with Crippen molar-refractivity contribution in [2.45, 2.75) is 17.5 Å². The van der Waals surface area contributed by atoms with E-state index in [0.717, 1.165) is 12.4 Å². The fourth-order valence-electron chi connectivity index (χ4n) is 2.88. The lowest BCUT2D eigenvalue weighted by Crippen LogP contribution is -2.49. The van der Waals surface area contributed by atoms with E-state index in [0.29, 0.717) is 47.9 Å². The van der Waals surface area contributed by atoms with Crippen LogP contribution < -0.4 is 10.5 Å². The molecule has 32 heavy (non-hydrogen) atoms. The quantitative estimate of drug-likeness (QED) is 0.404. The van der Waals surface area contributed by atoms with Gasteiger partial charge in [0.2, 0.25) is 11.9 Å².